The number of hydrogen-bond donors (Lipinski definition) is 1. The molecule has 19 heavy (non-hydrogen) atoms. The van der Waals surface area contributed by atoms with Crippen LogP contribution in [0.4, 0.5) is 13.2 Å². The fourth-order valence-electron chi connectivity index (χ4n) is 2.73. The van der Waals surface area contributed by atoms with Crippen LogP contribution in [0.3, 0.4) is 0 Å². The standard InChI is InChI=1S/C13H19F3N2O/c1-8(2)9-3-4-11(19)10(7-9)18-6-5-12(17-18)13(14,15)16/h5-6,8-11,19H,3-4,7H2,1-2H3. The van der Waals surface area contributed by atoms with Gasteiger partial charge in [-0.25, -0.2) is 0 Å². The highest BCUT2D eigenvalue weighted by molar-refractivity contribution is 5.04. The first-order chi connectivity index (χ1) is 8.79. The maximum atomic E-state index is 12.5. The number of alkyl halides is 3. The Morgan fingerprint density at radius 1 is 1.37 bits per heavy atom. The predicted octanol–water partition coefficient (Wildman–Crippen LogP) is 3.26. The Kier molecular flexibility index (Phi) is 3.90. The fraction of sp³-hybridized carbons (Fsp3) is 0.769. The van der Waals surface area contributed by atoms with Crippen LogP contribution in [0.5, 0.6) is 0 Å². The molecule has 1 N–H and O–H groups in total. The van der Waals surface area contributed by atoms with Crippen LogP contribution < -0.4 is 0 Å². The Morgan fingerprint density at radius 3 is 2.58 bits per heavy atom. The van der Waals surface area contributed by atoms with Crippen molar-refractivity contribution >= 4 is 0 Å². The van der Waals surface area contributed by atoms with Gasteiger partial charge in [0.2, 0.25) is 0 Å². The molecule has 1 fully saturated rings. The minimum Gasteiger partial charge on any atom is -0.391 e. The summed E-state index contributed by atoms with van der Waals surface area (Å²) < 4.78 is 38.9. The molecule has 0 radical (unpaired) electrons. The molecular formula is C13H19F3N2O. The van der Waals surface area contributed by atoms with Gasteiger partial charge in [0.15, 0.2) is 5.69 Å². The van der Waals surface area contributed by atoms with Crippen molar-refractivity contribution in [2.45, 2.75) is 51.4 Å². The van der Waals surface area contributed by atoms with Gasteiger partial charge >= 0.3 is 6.18 Å². The third-order valence-corrected chi connectivity index (χ3v) is 4.00. The van der Waals surface area contributed by atoms with Crippen LogP contribution >= 0.6 is 0 Å². The molecule has 0 spiro atoms. The van der Waals surface area contributed by atoms with Crippen LogP contribution in [0.25, 0.3) is 0 Å². The van der Waals surface area contributed by atoms with E-state index < -0.39 is 18.0 Å². The van der Waals surface area contributed by atoms with Crippen LogP contribution in [0.2, 0.25) is 0 Å². The second kappa shape index (κ2) is 5.15. The Morgan fingerprint density at radius 2 is 2.05 bits per heavy atom. The van der Waals surface area contributed by atoms with Crippen LogP contribution in [-0.2, 0) is 6.18 Å². The largest absolute Gasteiger partial charge is 0.435 e. The smallest absolute Gasteiger partial charge is 0.391 e. The van der Waals surface area contributed by atoms with Crippen LogP contribution in [0.1, 0.15) is 44.8 Å². The zero-order valence-electron chi connectivity index (χ0n) is 11.1. The van der Waals surface area contributed by atoms with E-state index in [4.69, 9.17) is 0 Å². The summed E-state index contributed by atoms with van der Waals surface area (Å²) in [5.41, 5.74) is -0.897. The summed E-state index contributed by atoms with van der Waals surface area (Å²) in [6.07, 6.45) is -1.51. The first kappa shape index (κ1) is 14.4. The van der Waals surface area contributed by atoms with E-state index in [2.05, 4.69) is 18.9 Å². The minimum atomic E-state index is -4.43. The molecule has 1 aliphatic carbocycles. The lowest BCUT2D eigenvalue weighted by atomic mass is 9.78. The molecule has 6 heteroatoms. The van der Waals surface area contributed by atoms with Gasteiger partial charge in [-0.3, -0.25) is 4.68 Å². The van der Waals surface area contributed by atoms with Gasteiger partial charge in [0.1, 0.15) is 0 Å². The van der Waals surface area contributed by atoms with Crippen molar-refractivity contribution in [2.75, 3.05) is 0 Å². The average Bonchev–Trinajstić information content (AvgIpc) is 2.78. The van der Waals surface area contributed by atoms with E-state index in [1.807, 2.05) is 0 Å². The van der Waals surface area contributed by atoms with E-state index in [0.717, 1.165) is 12.5 Å². The van der Waals surface area contributed by atoms with E-state index in [9.17, 15) is 18.3 Å². The zero-order valence-corrected chi connectivity index (χ0v) is 11.1. The van der Waals surface area contributed by atoms with Gasteiger partial charge < -0.3 is 5.11 Å². The predicted molar refractivity (Wildman–Crippen MR) is 64.5 cm³/mol. The Bertz CT molecular complexity index is 428. The van der Waals surface area contributed by atoms with Gasteiger partial charge in [-0.05, 0) is 37.2 Å². The number of aliphatic hydroxyl groups is 1. The Balaban J connectivity index is 2.17. The van der Waals surface area contributed by atoms with Gasteiger partial charge in [0, 0.05) is 6.20 Å². The third-order valence-electron chi connectivity index (χ3n) is 4.00. The van der Waals surface area contributed by atoms with Crippen molar-refractivity contribution in [2.24, 2.45) is 11.8 Å². The SMILES string of the molecule is CC(C)C1CCC(O)C(n2ccc(C(F)(F)F)n2)C1. The van der Waals surface area contributed by atoms with Crippen LogP contribution in [-0.4, -0.2) is 21.0 Å². The molecule has 0 bridgehead atoms. The molecule has 108 valence electrons. The second-order valence-electron chi connectivity index (χ2n) is 5.63. The average molecular weight is 276 g/mol. The lowest BCUT2D eigenvalue weighted by Gasteiger charge is -2.35. The maximum Gasteiger partial charge on any atom is 0.435 e. The van der Waals surface area contributed by atoms with Gasteiger partial charge in [0.25, 0.3) is 0 Å². The van der Waals surface area contributed by atoms with E-state index in [1.165, 1.54) is 10.9 Å². The topological polar surface area (TPSA) is 38.0 Å². The number of aromatic nitrogens is 2. The molecule has 1 saturated carbocycles. The van der Waals surface area contributed by atoms with Gasteiger partial charge in [-0.2, -0.15) is 18.3 Å². The molecule has 3 atom stereocenters. The Hall–Kier alpha value is -1.04. The summed E-state index contributed by atoms with van der Waals surface area (Å²) in [4.78, 5) is 0. The minimum absolute atomic E-state index is 0.350. The molecule has 1 aromatic rings. The first-order valence-electron chi connectivity index (χ1n) is 6.59. The molecule has 1 aromatic heterocycles. The number of aliphatic hydroxyl groups excluding tert-OH is 1. The highest BCUT2D eigenvalue weighted by Gasteiger charge is 2.36. The number of halogens is 3. The molecule has 3 unspecified atom stereocenters. The lowest BCUT2D eigenvalue weighted by molar-refractivity contribution is -0.141. The molecule has 2 rings (SSSR count). The molecule has 3 nitrogen and oxygen atoms in total. The summed E-state index contributed by atoms with van der Waals surface area (Å²) in [7, 11) is 0. The van der Waals surface area contributed by atoms with Crippen molar-refractivity contribution in [1.82, 2.24) is 9.78 Å². The van der Waals surface area contributed by atoms with Crippen molar-refractivity contribution < 1.29 is 18.3 Å². The molecular weight excluding hydrogens is 257 g/mol. The number of rotatable bonds is 2. The molecule has 0 aromatic carbocycles. The zero-order chi connectivity index (χ0) is 14.2. The fourth-order valence-corrected chi connectivity index (χ4v) is 2.73. The van der Waals surface area contributed by atoms with Gasteiger partial charge in [-0.15, -0.1) is 0 Å². The first-order valence-corrected chi connectivity index (χ1v) is 6.59. The lowest BCUT2D eigenvalue weighted by Crippen LogP contribution is -2.33. The van der Waals surface area contributed by atoms with E-state index >= 15 is 0 Å². The van der Waals surface area contributed by atoms with Gasteiger partial charge in [-0.1, -0.05) is 13.8 Å². The van der Waals surface area contributed by atoms with Crippen molar-refractivity contribution in [3.8, 4) is 0 Å². The molecule has 0 saturated heterocycles. The van der Waals surface area contributed by atoms with Crippen LogP contribution in [0.15, 0.2) is 12.3 Å². The van der Waals surface area contributed by atoms with E-state index in [-0.39, 0.29) is 6.04 Å². The summed E-state index contributed by atoms with van der Waals surface area (Å²) >= 11 is 0. The molecule has 0 aliphatic heterocycles. The second-order valence-corrected chi connectivity index (χ2v) is 5.63. The molecule has 1 aliphatic rings. The van der Waals surface area contributed by atoms with E-state index in [0.29, 0.717) is 24.7 Å². The van der Waals surface area contributed by atoms with Crippen molar-refractivity contribution in [3.63, 3.8) is 0 Å². The van der Waals surface area contributed by atoms with Crippen molar-refractivity contribution in [3.05, 3.63) is 18.0 Å². The Labute approximate surface area is 110 Å². The van der Waals surface area contributed by atoms with Crippen molar-refractivity contribution in [1.29, 1.82) is 0 Å². The summed E-state index contributed by atoms with van der Waals surface area (Å²) in [6, 6.07) is 0.614. The number of nitrogens with zero attached hydrogens (tertiary/aromatic N) is 2. The quantitative estimate of drug-likeness (QED) is 0.900. The van der Waals surface area contributed by atoms with E-state index in [1.54, 1.807) is 0 Å². The maximum absolute atomic E-state index is 12.5. The summed E-state index contributed by atoms with van der Waals surface area (Å²) in [5.74, 6) is 0.889. The monoisotopic (exact) mass is 276 g/mol. The van der Waals surface area contributed by atoms with Crippen LogP contribution in [0, 0.1) is 11.8 Å². The number of hydrogen-bond acceptors (Lipinski definition) is 2. The molecule has 0 amide bonds. The summed E-state index contributed by atoms with van der Waals surface area (Å²) in [6.45, 7) is 4.20. The highest BCUT2D eigenvalue weighted by Crippen LogP contribution is 2.37. The molecule has 1 heterocycles. The van der Waals surface area contributed by atoms with Gasteiger partial charge in [0.05, 0.1) is 12.1 Å². The normalized spacial score (nSPS) is 28.9. The third kappa shape index (κ3) is 3.11. The highest BCUT2D eigenvalue weighted by atomic mass is 19.4. The summed E-state index contributed by atoms with van der Waals surface area (Å²) in [5, 5.41) is 13.6.